The minimum absolute atomic E-state index is 0.260. The first kappa shape index (κ1) is 18.4. The number of nitrogens with one attached hydrogen (secondary N) is 1. The molecule has 0 heterocycles. The third-order valence-corrected chi connectivity index (χ3v) is 4.43. The second-order valence-electron chi connectivity index (χ2n) is 4.69. The highest BCUT2D eigenvalue weighted by Crippen LogP contribution is 2.32. The van der Waals surface area contributed by atoms with Crippen LogP contribution in [-0.2, 0) is 14.6 Å². The molecule has 1 aromatic rings. The van der Waals surface area contributed by atoms with Crippen molar-refractivity contribution >= 4 is 15.7 Å². The molecule has 1 atom stereocenters. The van der Waals surface area contributed by atoms with Crippen molar-refractivity contribution in [3.05, 3.63) is 35.6 Å². The lowest BCUT2D eigenvalue weighted by Gasteiger charge is -2.22. The third kappa shape index (κ3) is 5.63. The number of benzene rings is 1. The van der Waals surface area contributed by atoms with Crippen molar-refractivity contribution in [3.8, 4) is 0 Å². The molecular weight excluding hydrogens is 326 g/mol. The van der Waals surface area contributed by atoms with Gasteiger partial charge in [-0.3, -0.25) is 4.79 Å². The van der Waals surface area contributed by atoms with Gasteiger partial charge in [0.1, 0.15) is 11.6 Å². The van der Waals surface area contributed by atoms with E-state index < -0.39 is 39.5 Å². The van der Waals surface area contributed by atoms with Crippen LogP contribution < -0.4 is 5.32 Å². The van der Waals surface area contributed by atoms with Crippen LogP contribution in [0.5, 0.6) is 0 Å². The second kappa shape index (κ2) is 7.08. The maximum absolute atomic E-state index is 13.0. The largest absolute Gasteiger partial charge is 0.412 e. The van der Waals surface area contributed by atoms with Crippen LogP contribution in [0.1, 0.15) is 24.9 Å². The molecule has 0 saturated carbocycles. The van der Waals surface area contributed by atoms with Crippen LogP contribution in [0, 0.1) is 5.82 Å². The molecule has 124 valence electrons. The van der Waals surface area contributed by atoms with Crippen LogP contribution in [0.2, 0.25) is 0 Å². The molecule has 22 heavy (non-hydrogen) atoms. The van der Waals surface area contributed by atoms with E-state index in [1.54, 1.807) is 12.2 Å². The molecule has 0 aromatic heterocycles. The number of halogens is 4. The summed E-state index contributed by atoms with van der Waals surface area (Å²) in [5.74, 6) is -3.27. The van der Waals surface area contributed by atoms with Gasteiger partial charge in [-0.05, 0) is 24.1 Å². The standard InChI is InChI=1S/C13H15F4NO3S/c1-2-7-22(20,21)8-11(19)18-12(13(15,16)17)9-3-5-10(14)6-4-9/h3-6,12H,2,7-8H2,1H3,(H,18,19)/t12-/m0/s1. The van der Waals surface area contributed by atoms with Gasteiger partial charge in [0, 0.05) is 0 Å². The van der Waals surface area contributed by atoms with Gasteiger partial charge >= 0.3 is 6.18 Å². The number of carbonyl (C=O) groups is 1. The molecule has 1 N–H and O–H groups in total. The number of hydrogen-bond donors (Lipinski definition) is 1. The quantitative estimate of drug-likeness (QED) is 0.808. The number of rotatable bonds is 6. The van der Waals surface area contributed by atoms with Crippen molar-refractivity contribution in [1.29, 1.82) is 0 Å². The van der Waals surface area contributed by atoms with Gasteiger partial charge in [-0.2, -0.15) is 13.2 Å². The smallest absolute Gasteiger partial charge is 0.340 e. The first-order valence-electron chi connectivity index (χ1n) is 6.37. The van der Waals surface area contributed by atoms with Crippen molar-refractivity contribution in [2.45, 2.75) is 25.6 Å². The molecule has 0 unspecified atom stereocenters. The van der Waals surface area contributed by atoms with E-state index in [1.807, 2.05) is 0 Å². The zero-order valence-electron chi connectivity index (χ0n) is 11.7. The third-order valence-electron chi connectivity index (χ3n) is 2.70. The van der Waals surface area contributed by atoms with E-state index in [4.69, 9.17) is 0 Å². The van der Waals surface area contributed by atoms with E-state index in [1.165, 1.54) is 0 Å². The Hall–Kier alpha value is -1.64. The maximum atomic E-state index is 13.0. The number of carbonyl (C=O) groups excluding carboxylic acids is 1. The topological polar surface area (TPSA) is 63.2 Å². The molecule has 1 rings (SSSR count). The van der Waals surface area contributed by atoms with Gasteiger partial charge in [-0.1, -0.05) is 19.1 Å². The van der Waals surface area contributed by atoms with Crippen molar-refractivity contribution in [1.82, 2.24) is 5.32 Å². The van der Waals surface area contributed by atoms with Crippen molar-refractivity contribution in [2.24, 2.45) is 0 Å². The highest BCUT2D eigenvalue weighted by Gasteiger charge is 2.42. The van der Waals surface area contributed by atoms with E-state index in [-0.39, 0.29) is 17.7 Å². The summed E-state index contributed by atoms with van der Waals surface area (Å²) >= 11 is 0. The molecule has 0 aliphatic rings. The SMILES string of the molecule is CCCS(=O)(=O)CC(=O)N[C@@H](c1ccc(F)cc1)C(F)(F)F. The number of hydrogen-bond acceptors (Lipinski definition) is 3. The molecular formula is C13H15F4NO3S. The second-order valence-corrected chi connectivity index (χ2v) is 6.87. The molecule has 0 radical (unpaired) electrons. The van der Waals surface area contributed by atoms with Crippen LogP contribution in [0.25, 0.3) is 0 Å². The van der Waals surface area contributed by atoms with Crippen LogP contribution in [0.4, 0.5) is 17.6 Å². The van der Waals surface area contributed by atoms with Crippen molar-refractivity contribution < 1.29 is 30.8 Å². The molecule has 0 bridgehead atoms. The van der Waals surface area contributed by atoms with Gasteiger partial charge in [-0.25, -0.2) is 12.8 Å². The summed E-state index contributed by atoms with van der Waals surface area (Å²) in [7, 11) is -3.75. The zero-order valence-corrected chi connectivity index (χ0v) is 12.5. The van der Waals surface area contributed by atoms with Crippen LogP contribution >= 0.6 is 0 Å². The summed E-state index contributed by atoms with van der Waals surface area (Å²) in [4.78, 5) is 11.6. The van der Waals surface area contributed by atoms with E-state index in [2.05, 4.69) is 0 Å². The molecule has 0 aliphatic carbocycles. The fourth-order valence-electron chi connectivity index (χ4n) is 1.79. The summed E-state index contributed by atoms with van der Waals surface area (Å²) < 4.78 is 74.7. The predicted octanol–water partition coefficient (Wildman–Crippen LogP) is 2.37. The fraction of sp³-hybridized carbons (Fsp3) is 0.462. The van der Waals surface area contributed by atoms with E-state index in [9.17, 15) is 30.8 Å². The van der Waals surface area contributed by atoms with Gasteiger partial charge in [0.25, 0.3) is 0 Å². The molecule has 1 amide bonds. The van der Waals surface area contributed by atoms with Crippen LogP contribution in [0.15, 0.2) is 24.3 Å². The Bertz CT molecular complexity index is 611. The van der Waals surface area contributed by atoms with Gasteiger partial charge in [0.05, 0.1) is 5.75 Å². The zero-order chi connectivity index (χ0) is 17.0. The average molecular weight is 341 g/mol. The number of alkyl halides is 3. The Kier molecular flexibility index (Phi) is 5.92. The van der Waals surface area contributed by atoms with Crippen LogP contribution in [0.3, 0.4) is 0 Å². The molecule has 0 saturated heterocycles. The molecule has 9 heteroatoms. The Morgan fingerprint density at radius 3 is 2.23 bits per heavy atom. The summed E-state index contributed by atoms with van der Waals surface area (Å²) in [6.45, 7) is 1.58. The molecule has 0 fully saturated rings. The highest BCUT2D eigenvalue weighted by molar-refractivity contribution is 7.92. The summed E-state index contributed by atoms with van der Waals surface area (Å²) in [6, 6.07) is 1.03. The summed E-state index contributed by atoms with van der Waals surface area (Å²) in [6.07, 6.45) is -4.57. The molecule has 4 nitrogen and oxygen atoms in total. The van der Waals surface area contributed by atoms with Gasteiger partial charge in [-0.15, -0.1) is 0 Å². The Labute approximate surface area is 125 Å². The van der Waals surface area contributed by atoms with E-state index >= 15 is 0 Å². The fourth-order valence-corrected chi connectivity index (χ4v) is 3.04. The van der Waals surface area contributed by atoms with Crippen molar-refractivity contribution in [2.75, 3.05) is 11.5 Å². The normalized spacial score (nSPS) is 13.7. The Balaban J connectivity index is 2.92. The molecule has 0 aliphatic heterocycles. The lowest BCUT2D eigenvalue weighted by atomic mass is 10.1. The lowest BCUT2D eigenvalue weighted by Crippen LogP contribution is -2.41. The highest BCUT2D eigenvalue weighted by atomic mass is 32.2. The summed E-state index contributed by atoms with van der Waals surface area (Å²) in [5.41, 5.74) is -0.380. The van der Waals surface area contributed by atoms with Gasteiger partial charge in [0.2, 0.25) is 5.91 Å². The maximum Gasteiger partial charge on any atom is 0.412 e. The summed E-state index contributed by atoms with van der Waals surface area (Å²) in [5, 5.41) is 1.64. The van der Waals surface area contributed by atoms with E-state index in [0.29, 0.717) is 0 Å². The first-order valence-corrected chi connectivity index (χ1v) is 8.19. The Morgan fingerprint density at radius 1 is 1.23 bits per heavy atom. The molecule has 0 spiro atoms. The van der Waals surface area contributed by atoms with E-state index in [0.717, 1.165) is 24.3 Å². The number of sulfone groups is 1. The average Bonchev–Trinajstić information content (AvgIpc) is 2.35. The molecule has 1 aromatic carbocycles. The van der Waals surface area contributed by atoms with Crippen LogP contribution in [-0.4, -0.2) is 32.0 Å². The minimum atomic E-state index is -4.83. The number of amides is 1. The monoisotopic (exact) mass is 341 g/mol. The first-order chi connectivity index (χ1) is 10.0. The minimum Gasteiger partial charge on any atom is -0.340 e. The predicted molar refractivity (Wildman–Crippen MR) is 72.3 cm³/mol. The van der Waals surface area contributed by atoms with Crippen molar-refractivity contribution in [3.63, 3.8) is 0 Å². The van der Waals surface area contributed by atoms with Gasteiger partial charge < -0.3 is 5.32 Å². The Morgan fingerprint density at radius 2 is 1.77 bits per heavy atom. The van der Waals surface area contributed by atoms with Gasteiger partial charge in [0.15, 0.2) is 15.9 Å². The lowest BCUT2D eigenvalue weighted by molar-refractivity contribution is -0.162.